The Morgan fingerprint density at radius 2 is 1.95 bits per heavy atom. The van der Waals surface area contributed by atoms with Crippen LogP contribution in [0.5, 0.6) is 0 Å². The molecule has 1 unspecified atom stereocenters. The minimum absolute atomic E-state index is 0.173. The molecule has 114 valence electrons. The smallest absolute Gasteiger partial charge is 0.219 e. The summed E-state index contributed by atoms with van der Waals surface area (Å²) in [5.41, 5.74) is 1.07. The fourth-order valence-electron chi connectivity index (χ4n) is 3.84. The first-order valence-corrected chi connectivity index (χ1v) is 8.15. The second-order valence-corrected chi connectivity index (χ2v) is 6.57. The number of halogens is 1. The molecule has 2 fully saturated rings. The molecule has 2 aliphatic heterocycles. The lowest BCUT2D eigenvalue weighted by Crippen LogP contribution is -2.44. The van der Waals surface area contributed by atoms with Gasteiger partial charge in [0.15, 0.2) is 0 Å². The van der Waals surface area contributed by atoms with Crippen molar-refractivity contribution in [3.8, 4) is 0 Å². The Labute approximate surface area is 131 Å². The lowest BCUT2D eigenvalue weighted by atomic mass is 9.74. The summed E-state index contributed by atoms with van der Waals surface area (Å²) >= 11 is 6.02. The molecule has 2 saturated heterocycles. The first kappa shape index (κ1) is 14.9. The van der Waals surface area contributed by atoms with Crippen LogP contribution >= 0.6 is 11.6 Å². The van der Waals surface area contributed by atoms with Gasteiger partial charge in [0.05, 0.1) is 5.60 Å². The van der Waals surface area contributed by atoms with Gasteiger partial charge in [-0.15, -0.1) is 0 Å². The van der Waals surface area contributed by atoms with E-state index in [2.05, 4.69) is 12.1 Å². The summed E-state index contributed by atoms with van der Waals surface area (Å²) in [5.74, 6) is 0.665. The maximum Gasteiger partial charge on any atom is 0.219 e. The molecular weight excluding hydrogens is 286 g/mol. The first-order valence-electron chi connectivity index (χ1n) is 7.77. The highest BCUT2D eigenvalue weighted by atomic mass is 35.5. The van der Waals surface area contributed by atoms with Gasteiger partial charge in [0.2, 0.25) is 5.91 Å². The largest absolute Gasteiger partial charge is 0.370 e. The predicted molar refractivity (Wildman–Crippen MR) is 83.3 cm³/mol. The van der Waals surface area contributed by atoms with Crippen molar-refractivity contribution in [3.05, 3.63) is 34.9 Å². The van der Waals surface area contributed by atoms with E-state index in [0.717, 1.165) is 50.4 Å². The van der Waals surface area contributed by atoms with Crippen molar-refractivity contribution >= 4 is 17.5 Å². The van der Waals surface area contributed by atoms with Gasteiger partial charge < -0.3 is 9.64 Å². The third kappa shape index (κ3) is 2.82. The highest BCUT2D eigenvalue weighted by Gasteiger charge is 2.45. The number of likely N-dealkylation sites (tertiary alicyclic amines) is 1. The van der Waals surface area contributed by atoms with Crippen LogP contribution < -0.4 is 0 Å². The molecular formula is C17H22ClNO2. The van der Waals surface area contributed by atoms with E-state index >= 15 is 0 Å². The van der Waals surface area contributed by atoms with Crippen molar-refractivity contribution < 1.29 is 9.53 Å². The molecule has 0 aliphatic carbocycles. The van der Waals surface area contributed by atoms with Crippen molar-refractivity contribution in [2.45, 2.75) is 38.2 Å². The van der Waals surface area contributed by atoms with Gasteiger partial charge in [-0.3, -0.25) is 4.79 Å². The van der Waals surface area contributed by atoms with Gasteiger partial charge in [-0.25, -0.2) is 0 Å². The maximum absolute atomic E-state index is 11.5. The minimum atomic E-state index is -0.173. The molecule has 1 aromatic rings. The van der Waals surface area contributed by atoms with Crippen molar-refractivity contribution in [2.75, 3.05) is 19.7 Å². The van der Waals surface area contributed by atoms with Crippen LogP contribution in [0.3, 0.4) is 0 Å². The lowest BCUT2D eigenvalue weighted by Gasteiger charge is -2.42. The molecule has 1 aromatic carbocycles. The van der Waals surface area contributed by atoms with E-state index in [1.165, 1.54) is 5.56 Å². The number of hydrogen-bond donors (Lipinski definition) is 0. The minimum Gasteiger partial charge on any atom is -0.370 e. The molecule has 21 heavy (non-hydrogen) atoms. The summed E-state index contributed by atoms with van der Waals surface area (Å²) in [7, 11) is 0. The fraction of sp³-hybridized carbons (Fsp3) is 0.588. The van der Waals surface area contributed by atoms with Crippen LogP contribution in [-0.2, 0) is 15.1 Å². The number of carbonyl (C=O) groups excluding carboxylic acids is 1. The first-order chi connectivity index (χ1) is 10.1. The summed E-state index contributed by atoms with van der Waals surface area (Å²) in [6.45, 7) is 4.17. The Balaban J connectivity index is 1.82. The number of nitrogens with zero attached hydrogens (tertiary/aromatic N) is 1. The topological polar surface area (TPSA) is 29.5 Å². The fourth-order valence-corrected chi connectivity index (χ4v) is 3.97. The lowest BCUT2D eigenvalue weighted by molar-refractivity contribution is -0.132. The highest BCUT2D eigenvalue weighted by molar-refractivity contribution is 6.30. The number of carbonyl (C=O) groups is 1. The van der Waals surface area contributed by atoms with Crippen molar-refractivity contribution in [1.29, 1.82) is 0 Å². The number of hydrogen-bond acceptors (Lipinski definition) is 2. The van der Waals surface area contributed by atoms with Gasteiger partial charge in [-0.05, 0) is 49.3 Å². The molecule has 1 amide bonds. The van der Waals surface area contributed by atoms with E-state index < -0.39 is 0 Å². The van der Waals surface area contributed by atoms with Crippen molar-refractivity contribution in [2.24, 2.45) is 5.92 Å². The molecule has 2 heterocycles. The van der Waals surface area contributed by atoms with E-state index in [0.29, 0.717) is 5.92 Å². The molecule has 4 heteroatoms. The second-order valence-electron chi connectivity index (χ2n) is 6.13. The summed E-state index contributed by atoms with van der Waals surface area (Å²) in [4.78, 5) is 13.4. The monoisotopic (exact) mass is 307 g/mol. The molecule has 0 saturated carbocycles. The van der Waals surface area contributed by atoms with Crippen molar-refractivity contribution in [1.82, 2.24) is 4.90 Å². The van der Waals surface area contributed by atoms with Crippen LogP contribution in [-0.4, -0.2) is 30.5 Å². The SMILES string of the molecule is CC(=O)N1CCC(C2(c3ccc(Cl)cc3)CCCO2)CC1. The van der Waals surface area contributed by atoms with Crippen LogP contribution in [0.2, 0.25) is 5.02 Å². The average molecular weight is 308 g/mol. The Hall–Kier alpha value is -1.06. The van der Waals surface area contributed by atoms with Crippen LogP contribution in [0.4, 0.5) is 0 Å². The number of ether oxygens (including phenoxy) is 1. The summed E-state index contributed by atoms with van der Waals surface area (Å²) in [6.07, 6.45) is 4.21. The van der Waals surface area contributed by atoms with Gasteiger partial charge in [0, 0.05) is 31.6 Å². The normalized spacial score (nSPS) is 27.0. The van der Waals surface area contributed by atoms with Gasteiger partial charge in [0.25, 0.3) is 0 Å². The Kier molecular flexibility index (Phi) is 4.23. The van der Waals surface area contributed by atoms with Crippen molar-refractivity contribution in [3.63, 3.8) is 0 Å². The molecule has 2 aliphatic rings. The number of piperidine rings is 1. The average Bonchev–Trinajstić information content (AvgIpc) is 2.99. The highest BCUT2D eigenvalue weighted by Crippen LogP contribution is 2.46. The molecule has 0 aromatic heterocycles. The number of benzene rings is 1. The molecule has 0 radical (unpaired) electrons. The molecule has 3 nitrogen and oxygen atoms in total. The molecule has 0 bridgehead atoms. The Morgan fingerprint density at radius 1 is 1.29 bits per heavy atom. The van der Waals surface area contributed by atoms with Gasteiger partial charge in [-0.1, -0.05) is 23.7 Å². The predicted octanol–water partition coefficient (Wildman–Crippen LogP) is 3.60. The summed E-state index contributed by atoms with van der Waals surface area (Å²) in [5, 5.41) is 0.762. The second kappa shape index (κ2) is 5.98. The number of amides is 1. The molecule has 0 spiro atoms. The summed E-state index contributed by atoms with van der Waals surface area (Å²) < 4.78 is 6.26. The third-order valence-corrected chi connectivity index (χ3v) is 5.24. The van der Waals surface area contributed by atoms with Gasteiger partial charge in [0.1, 0.15) is 0 Å². The quantitative estimate of drug-likeness (QED) is 0.835. The van der Waals surface area contributed by atoms with E-state index in [4.69, 9.17) is 16.3 Å². The van der Waals surface area contributed by atoms with Crippen LogP contribution in [0.15, 0.2) is 24.3 Å². The van der Waals surface area contributed by atoms with Crippen LogP contribution in [0.1, 0.15) is 38.2 Å². The Bertz CT molecular complexity index is 500. The van der Waals surface area contributed by atoms with Crippen LogP contribution in [0.25, 0.3) is 0 Å². The van der Waals surface area contributed by atoms with E-state index in [1.807, 2.05) is 17.0 Å². The molecule has 1 atom stereocenters. The van der Waals surface area contributed by atoms with Gasteiger partial charge in [-0.2, -0.15) is 0 Å². The molecule has 0 N–H and O–H groups in total. The van der Waals surface area contributed by atoms with Gasteiger partial charge >= 0.3 is 0 Å². The molecule has 3 rings (SSSR count). The maximum atomic E-state index is 11.5. The number of rotatable bonds is 2. The summed E-state index contributed by atoms with van der Waals surface area (Å²) in [6, 6.07) is 8.10. The zero-order chi connectivity index (χ0) is 14.9. The van der Waals surface area contributed by atoms with Crippen LogP contribution in [0, 0.1) is 5.92 Å². The van der Waals surface area contributed by atoms with E-state index in [1.54, 1.807) is 6.92 Å². The zero-order valence-corrected chi connectivity index (χ0v) is 13.2. The zero-order valence-electron chi connectivity index (χ0n) is 12.5. The third-order valence-electron chi connectivity index (χ3n) is 4.98. The Morgan fingerprint density at radius 3 is 2.48 bits per heavy atom. The van der Waals surface area contributed by atoms with E-state index in [9.17, 15) is 4.79 Å². The standard InChI is InChI=1S/C17H22ClNO2/c1-13(20)19-10-7-15(8-11-19)17(9-2-12-21-17)14-3-5-16(18)6-4-14/h3-6,15H,2,7-12H2,1H3. The van der Waals surface area contributed by atoms with E-state index in [-0.39, 0.29) is 11.5 Å².